The zero-order valence-corrected chi connectivity index (χ0v) is 8.74. The number of ether oxygens (including phenoxy) is 1. The molecule has 4 heteroatoms. The van der Waals surface area contributed by atoms with E-state index in [4.69, 9.17) is 4.74 Å². The first-order valence-electron chi connectivity index (χ1n) is 5.40. The number of nitrogens with zero attached hydrogens (tertiary/aromatic N) is 2. The van der Waals surface area contributed by atoms with Crippen molar-refractivity contribution in [1.29, 1.82) is 0 Å². The maximum Gasteiger partial charge on any atom is 0.410 e. The molecular formula is C10H18N2O2. The van der Waals surface area contributed by atoms with Gasteiger partial charge in [0.1, 0.15) is 6.10 Å². The van der Waals surface area contributed by atoms with Crippen LogP contribution in [0.3, 0.4) is 0 Å². The Balaban J connectivity index is 1.74. The van der Waals surface area contributed by atoms with E-state index in [1.807, 2.05) is 4.90 Å². The van der Waals surface area contributed by atoms with Crippen LogP contribution in [0.4, 0.5) is 4.79 Å². The Bertz CT molecular complexity index is 208. The lowest BCUT2D eigenvalue weighted by Crippen LogP contribution is -2.48. The van der Waals surface area contributed by atoms with Crippen LogP contribution in [0.25, 0.3) is 0 Å². The van der Waals surface area contributed by atoms with Gasteiger partial charge in [-0.05, 0) is 26.3 Å². The van der Waals surface area contributed by atoms with E-state index in [9.17, 15) is 4.79 Å². The average molecular weight is 198 g/mol. The van der Waals surface area contributed by atoms with Crippen molar-refractivity contribution in [2.45, 2.75) is 25.4 Å². The standard InChI is InChI=1S/C10H18N2O2/c1-11-5-7-12(8-6-11)10(13)14-9-3-2-4-9/h9H,2-8H2,1H3. The molecule has 1 saturated carbocycles. The summed E-state index contributed by atoms with van der Waals surface area (Å²) in [5.41, 5.74) is 0. The molecule has 0 aromatic heterocycles. The summed E-state index contributed by atoms with van der Waals surface area (Å²) in [6.45, 7) is 3.53. The molecule has 80 valence electrons. The molecule has 1 amide bonds. The Labute approximate surface area is 84.8 Å². The van der Waals surface area contributed by atoms with E-state index < -0.39 is 0 Å². The normalized spacial score (nSPS) is 24.5. The predicted octanol–water partition coefficient (Wildman–Crippen LogP) is 0.923. The second-order valence-electron chi connectivity index (χ2n) is 4.23. The van der Waals surface area contributed by atoms with Gasteiger partial charge >= 0.3 is 6.09 Å². The molecule has 0 spiro atoms. The zero-order valence-electron chi connectivity index (χ0n) is 8.74. The third-order valence-electron chi connectivity index (χ3n) is 3.08. The second-order valence-corrected chi connectivity index (χ2v) is 4.23. The molecule has 1 aliphatic carbocycles. The Morgan fingerprint density at radius 2 is 1.86 bits per heavy atom. The summed E-state index contributed by atoms with van der Waals surface area (Å²) >= 11 is 0. The van der Waals surface area contributed by atoms with E-state index in [0.717, 1.165) is 39.0 Å². The van der Waals surface area contributed by atoms with Gasteiger partial charge in [0, 0.05) is 26.2 Å². The predicted molar refractivity (Wildman–Crippen MR) is 53.2 cm³/mol. The maximum atomic E-state index is 11.6. The van der Waals surface area contributed by atoms with E-state index >= 15 is 0 Å². The van der Waals surface area contributed by atoms with Crippen LogP contribution in [0.2, 0.25) is 0 Å². The number of hydrogen-bond donors (Lipinski definition) is 0. The fraction of sp³-hybridized carbons (Fsp3) is 0.900. The molecule has 14 heavy (non-hydrogen) atoms. The van der Waals surface area contributed by atoms with Gasteiger partial charge < -0.3 is 14.5 Å². The molecule has 0 unspecified atom stereocenters. The first kappa shape index (κ1) is 9.77. The SMILES string of the molecule is CN1CCN(C(=O)OC2CCC2)CC1. The Morgan fingerprint density at radius 3 is 2.36 bits per heavy atom. The smallest absolute Gasteiger partial charge is 0.410 e. The number of amides is 1. The van der Waals surface area contributed by atoms with Crippen molar-refractivity contribution in [3.63, 3.8) is 0 Å². The van der Waals surface area contributed by atoms with Gasteiger partial charge in [-0.3, -0.25) is 0 Å². The minimum absolute atomic E-state index is 0.109. The summed E-state index contributed by atoms with van der Waals surface area (Å²) in [6, 6.07) is 0. The number of piperazine rings is 1. The third-order valence-corrected chi connectivity index (χ3v) is 3.08. The molecule has 2 rings (SSSR count). The minimum Gasteiger partial charge on any atom is -0.446 e. The van der Waals surface area contributed by atoms with Crippen LogP contribution >= 0.6 is 0 Å². The molecule has 1 aliphatic heterocycles. The van der Waals surface area contributed by atoms with Crippen LogP contribution in [0, 0.1) is 0 Å². The lowest BCUT2D eigenvalue weighted by molar-refractivity contribution is 0.0186. The van der Waals surface area contributed by atoms with Crippen molar-refractivity contribution in [3.05, 3.63) is 0 Å². The van der Waals surface area contributed by atoms with Crippen molar-refractivity contribution in [1.82, 2.24) is 9.80 Å². The van der Waals surface area contributed by atoms with E-state index in [1.165, 1.54) is 6.42 Å². The first-order valence-corrected chi connectivity index (χ1v) is 5.40. The van der Waals surface area contributed by atoms with Crippen molar-refractivity contribution in [2.75, 3.05) is 33.2 Å². The number of carbonyl (C=O) groups excluding carboxylic acids is 1. The number of carbonyl (C=O) groups is 1. The van der Waals surface area contributed by atoms with E-state index in [0.29, 0.717) is 0 Å². The summed E-state index contributed by atoms with van der Waals surface area (Å²) in [5, 5.41) is 0. The summed E-state index contributed by atoms with van der Waals surface area (Å²) < 4.78 is 5.33. The quantitative estimate of drug-likeness (QED) is 0.628. The number of likely N-dealkylation sites (N-methyl/N-ethyl adjacent to an activating group) is 1. The Kier molecular flexibility index (Phi) is 2.91. The summed E-state index contributed by atoms with van der Waals surface area (Å²) in [7, 11) is 2.08. The zero-order chi connectivity index (χ0) is 9.97. The fourth-order valence-electron chi connectivity index (χ4n) is 1.69. The number of hydrogen-bond acceptors (Lipinski definition) is 3. The lowest BCUT2D eigenvalue weighted by atomic mass is 9.96. The molecule has 4 nitrogen and oxygen atoms in total. The molecule has 0 aromatic rings. The Morgan fingerprint density at radius 1 is 1.21 bits per heavy atom. The van der Waals surface area contributed by atoms with Gasteiger partial charge in [-0.2, -0.15) is 0 Å². The van der Waals surface area contributed by atoms with E-state index in [1.54, 1.807) is 0 Å². The highest BCUT2D eigenvalue weighted by Crippen LogP contribution is 2.22. The lowest BCUT2D eigenvalue weighted by Gasteiger charge is -2.34. The van der Waals surface area contributed by atoms with Crippen LogP contribution in [-0.4, -0.2) is 55.2 Å². The number of rotatable bonds is 1. The van der Waals surface area contributed by atoms with Crippen LogP contribution in [-0.2, 0) is 4.74 Å². The first-order chi connectivity index (χ1) is 6.75. The monoisotopic (exact) mass is 198 g/mol. The maximum absolute atomic E-state index is 11.6. The van der Waals surface area contributed by atoms with Gasteiger partial charge in [-0.25, -0.2) is 4.79 Å². The van der Waals surface area contributed by atoms with Gasteiger partial charge in [-0.15, -0.1) is 0 Å². The van der Waals surface area contributed by atoms with Gasteiger partial charge in [0.2, 0.25) is 0 Å². The molecule has 1 heterocycles. The van der Waals surface area contributed by atoms with Crippen LogP contribution in [0.15, 0.2) is 0 Å². The van der Waals surface area contributed by atoms with Crippen molar-refractivity contribution < 1.29 is 9.53 Å². The molecule has 0 bridgehead atoms. The topological polar surface area (TPSA) is 32.8 Å². The van der Waals surface area contributed by atoms with E-state index in [-0.39, 0.29) is 12.2 Å². The van der Waals surface area contributed by atoms with Gasteiger partial charge in [0.25, 0.3) is 0 Å². The van der Waals surface area contributed by atoms with Gasteiger partial charge in [-0.1, -0.05) is 0 Å². The van der Waals surface area contributed by atoms with Crippen LogP contribution in [0.1, 0.15) is 19.3 Å². The molecule has 0 N–H and O–H groups in total. The summed E-state index contributed by atoms with van der Waals surface area (Å²) in [5.74, 6) is 0. The summed E-state index contributed by atoms with van der Waals surface area (Å²) in [4.78, 5) is 15.6. The second kappa shape index (κ2) is 4.17. The van der Waals surface area contributed by atoms with E-state index in [2.05, 4.69) is 11.9 Å². The van der Waals surface area contributed by atoms with Crippen molar-refractivity contribution in [3.8, 4) is 0 Å². The molecule has 0 aromatic carbocycles. The fourth-order valence-corrected chi connectivity index (χ4v) is 1.69. The van der Waals surface area contributed by atoms with Crippen LogP contribution in [0.5, 0.6) is 0 Å². The van der Waals surface area contributed by atoms with Gasteiger partial charge in [0.05, 0.1) is 0 Å². The molecule has 1 saturated heterocycles. The molecule has 0 radical (unpaired) electrons. The van der Waals surface area contributed by atoms with Crippen molar-refractivity contribution >= 4 is 6.09 Å². The summed E-state index contributed by atoms with van der Waals surface area (Å²) in [6.07, 6.45) is 3.42. The Hall–Kier alpha value is -0.770. The molecule has 2 fully saturated rings. The molecule has 2 aliphatic rings. The molecular weight excluding hydrogens is 180 g/mol. The molecule has 0 atom stereocenters. The van der Waals surface area contributed by atoms with Crippen molar-refractivity contribution in [2.24, 2.45) is 0 Å². The average Bonchev–Trinajstić information content (AvgIpc) is 2.12. The highest BCUT2D eigenvalue weighted by atomic mass is 16.6. The highest BCUT2D eigenvalue weighted by molar-refractivity contribution is 5.68. The minimum atomic E-state index is -0.109. The highest BCUT2D eigenvalue weighted by Gasteiger charge is 2.26. The third kappa shape index (κ3) is 2.18. The van der Waals surface area contributed by atoms with Crippen LogP contribution < -0.4 is 0 Å². The van der Waals surface area contributed by atoms with Gasteiger partial charge in [0.15, 0.2) is 0 Å². The largest absolute Gasteiger partial charge is 0.446 e.